The van der Waals surface area contributed by atoms with Gasteiger partial charge in [-0.25, -0.2) is 19.7 Å². The van der Waals surface area contributed by atoms with Crippen molar-refractivity contribution in [3.05, 3.63) is 54.7 Å². The van der Waals surface area contributed by atoms with Crippen molar-refractivity contribution < 1.29 is 116 Å². The summed E-state index contributed by atoms with van der Waals surface area (Å²) in [7, 11) is 0. The van der Waals surface area contributed by atoms with Gasteiger partial charge in [0.15, 0.2) is 18.0 Å². The predicted octanol–water partition coefficient (Wildman–Crippen LogP) is -10.4. The van der Waals surface area contributed by atoms with E-state index in [9.17, 15) is 112 Å². The van der Waals surface area contributed by atoms with Gasteiger partial charge in [-0.15, -0.1) is 0 Å². The van der Waals surface area contributed by atoms with Crippen LogP contribution in [0.25, 0.3) is 0 Å². The molecule has 0 bridgehead atoms. The van der Waals surface area contributed by atoms with Crippen LogP contribution in [-0.2, 0) is 115 Å². The molecule has 0 saturated carbocycles. The SMILES string of the molecule is CSCC[C@H](NC(=O)[C@H](CC(N)=O)NC(=O)[C@H](Cc1c[nH]cn1)NC(=O)[C@H](Cc1c[nH]cn1)NC(=O)[C@H](CCCNC(=N)N)NC(=O)[C@@H](NC(=O)[C@H](CC(C)C)NC(=O)[C@H](CCC(=O)O)NC(=O)[C@@H](N)CC(=O)O)C(C)C)C(=O)N[C@@H](Cc1c[nH]cn1)C(=O)N[C@@H](CCC(N)=O)C(=O)N[C@@H](CCCNC(=N)N)C(=O)N[C@@H](CC(N)=O)C(=O)N[C@@H](CCSC)C(=O)N[C@H](C(=O)O)[C@@H](C)O. The van der Waals surface area contributed by atoms with Crippen molar-refractivity contribution in [2.45, 2.75) is 241 Å². The summed E-state index contributed by atoms with van der Waals surface area (Å²) >= 11 is 2.40. The second kappa shape index (κ2) is 58.8. The molecule has 37 N–H and O–H groups in total. The van der Waals surface area contributed by atoms with E-state index in [0.717, 1.165) is 6.92 Å². The summed E-state index contributed by atoms with van der Waals surface area (Å²) in [6.07, 6.45) is 1.44. The molecular formula is C77H124N30O24S2. The van der Waals surface area contributed by atoms with E-state index >= 15 is 4.79 Å². The highest BCUT2D eigenvalue weighted by atomic mass is 32.2. The van der Waals surface area contributed by atoms with Crippen molar-refractivity contribution in [3.63, 3.8) is 0 Å². The van der Waals surface area contributed by atoms with E-state index in [4.69, 9.17) is 45.2 Å². The Bertz CT molecular complexity index is 4450. The molecule has 0 aromatic carbocycles. The number of aliphatic hydroxyl groups excluding tert-OH is 1. The summed E-state index contributed by atoms with van der Waals surface area (Å²) in [5.41, 5.74) is 33.8. The predicted molar refractivity (Wildman–Crippen MR) is 475 cm³/mol. The summed E-state index contributed by atoms with van der Waals surface area (Å²) in [5, 5.41) is 92.8. The average molecular weight is 1920 g/mol. The monoisotopic (exact) mass is 1920 g/mol. The Kier molecular flexibility index (Phi) is 50.1. The number of carbonyl (C=O) groups is 20. The van der Waals surface area contributed by atoms with Gasteiger partial charge in [-0.1, -0.05) is 27.7 Å². The first-order valence-electron chi connectivity index (χ1n) is 41.9. The number of primary amides is 3. The lowest BCUT2D eigenvalue weighted by atomic mass is 9.98. The van der Waals surface area contributed by atoms with Gasteiger partial charge < -0.3 is 155 Å². The number of imidazole rings is 3. The number of guanidine groups is 2. The number of nitrogens with two attached hydrogens (primary N) is 6. The lowest BCUT2D eigenvalue weighted by molar-refractivity contribution is -0.145. The Labute approximate surface area is 771 Å². The van der Waals surface area contributed by atoms with Gasteiger partial charge in [-0.2, -0.15) is 23.5 Å². The highest BCUT2D eigenvalue weighted by molar-refractivity contribution is 7.98. The Morgan fingerprint density at radius 1 is 0.368 bits per heavy atom. The molecule has 133 heavy (non-hydrogen) atoms. The van der Waals surface area contributed by atoms with Crippen LogP contribution in [0.5, 0.6) is 0 Å². The molecule has 16 atom stereocenters. The standard InChI is InChI=1S/C77H124N30O24S2/c1-35(2)22-48(100-65(120)45(13-15-57(112)113)94-61(116)41(78)26-58(114)115)73(128)106-59(36(3)4)74(129)99-43(11-9-19-90-77(84)85)63(118)101-50(24-39-30-87-33-92-39)69(124)103-51(25-40-31-88-34-93-40)70(125)105-53(28-56(81)111)72(127)97-46(16-20-132-6)66(121)102-49(23-38-29-86-32-91-38)68(123)96-44(12-14-54(79)109)64(119)95-42(10-8-18-89-76(82)83)62(117)104-52(27-55(80)110)71(126)98-47(17-21-133-7)67(122)107-60(37(5)108)75(130)131/h29-37,41-53,59-60,108H,8-28,78H2,1-7H3,(H2,79,109)(H2,80,110)(H2,81,111)(H,86,91)(H,87,92)(H,88,93)(H,94,116)(H,95,119)(H,96,123)(H,97,127)(H,98,126)(H,99,129)(H,100,120)(H,101,118)(H,102,121)(H,103,124)(H,104,117)(H,105,125)(H,106,128)(H,107,122)(H,112,113)(H,114,115)(H,130,131)(H4,82,83,89)(H4,84,85,90)/t37-,41+,42+,43+,44+,45+,46+,47+,48+,49+,50+,51+,52+,53+,59+,60+/m1/s1. The highest BCUT2D eigenvalue weighted by Gasteiger charge is 2.41. The maximum absolute atomic E-state index is 15.0. The third-order valence-corrected chi connectivity index (χ3v) is 20.8. The summed E-state index contributed by atoms with van der Waals surface area (Å²) in [6.45, 7) is 7.32. The lowest BCUT2D eigenvalue weighted by Gasteiger charge is -2.29. The molecule has 0 fully saturated rings. The zero-order chi connectivity index (χ0) is 99.9. The molecule has 3 aromatic heterocycles. The zero-order valence-electron chi connectivity index (χ0n) is 74.3. The molecule has 0 saturated heterocycles. The molecule has 3 aromatic rings. The number of amides is 17. The Morgan fingerprint density at radius 2 is 0.669 bits per heavy atom. The van der Waals surface area contributed by atoms with E-state index in [2.05, 4.69) is 115 Å². The summed E-state index contributed by atoms with van der Waals surface area (Å²) < 4.78 is 0. The van der Waals surface area contributed by atoms with Gasteiger partial charge in [0.2, 0.25) is 100 Å². The summed E-state index contributed by atoms with van der Waals surface area (Å²) in [4.78, 5) is 295. The number of nitrogens with one attached hydrogen (secondary N) is 21. The number of thioether (sulfide) groups is 2. The smallest absolute Gasteiger partial charge is 0.328 e. The lowest BCUT2D eigenvalue weighted by Crippen LogP contribution is -2.62. The van der Waals surface area contributed by atoms with E-state index in [1.807, 2.05) is 0 Å². The quantitative estimate of drug-likeness (QED) is 0.0142. The average Bonchev–Trinajstić information content (AvgIpc) is 1.43. The molecule has 3 rings (SSSR count). The fraction of sp³-hybridized carbons (Fsp3) is 0.597. The number of hydrogen-bond acceptors (Lipinski definition) is 29. The number of aliphatic carboxylic acids is 3. The van der Waals surface area contributed by atoms with Crippen molar-refractivity contribution >= 4 is 154 Å². The first kappa shape index (κ1) is 113. The number of carbonyl (C=O) groups excluding carboxylic acids is 17. The first-order chi connectivity index (χ1) is 62.6. The molecule has 0 aliphatic heterocycles. The number of hydrogen-bond donors (Lipinski definition) is 31. The van der Waals surface area contributed by atoms with Crippen LogP contribution in [0.15, 0.2) is 37.6 Å². The normalized spacial score (nSPS) is 14.7. The van der Waals surface area contributed by atoms with Gasteiger partial charge in [0.1, 0.15) is 78.5 Å². The van der Waals surface area contributed by atoms with Crippen molar-refractivity contribution in [2.24, 2.45) is 46.2 Å². The van der Waals surface area contributed by atoms with Crippen molar-refractivity contribution in [2.75, 3.05) is 37.1 Å². The number of nitrogens with zero attached hydrogens (tertiary/aromatic N) is 3. The van der Waals surface area contributed by atoms with E-state index in [1.165, 1.54) is 74.9 Å². The number of carboxylic acid groups (broad SMARTS) is 3. The highest BCUT2D eigenvalue weighted by Crippen LogP contribution is 2.16. The molecular weight excluding hydrogens is 1790 g/mol. The minimum atomic E-state index is -2.00. The van der Waals surface area contributed by atoms with Crippen molar-refractivity contribution in [3.8, 4) is 0 Å². The fourth-order valence-corrected chi connectivity index (χ4v) is 13.6. The largest absolute Gasteiger partial charge is 0.481 e. The van der Waals surface area contributed by atoms with Crippen LogP contribution < -0.4 is 119 Å². The van der Waals surface area contributed by atoms with Crippen LogP contribution in [0.4, 0.5) is 0 Å². The third kappa shape index (κ3) is 43.7. The minimum absolute atomic E-state index is 0.0149. The van der Waals surface area contributed by atoms with Crippen LogP contribution in [0.3, 0.4) is 0 Å². The van der Waals surface area contributed by atoms with Crippen LogP contribution in [0, 0.1) is 22.7 Å². The molecule has 17 amide bonds. The van der Waals surface area contributed by atoms with Crippen LogP contribution in [0.1, 0.15) is 142 Å². The fourth-order valence-electron chi connectivity index (χ4n) is 12.7. The molecule has 0 aliphatic carbocycles. The maximum Gasteiger partial charge on any atom is 0.328 e. The summed E-state index contributed by atoms with van der Waals surface area (Å²) in [6, 6.07) is -25.8. The van der Waals surface area contributed by atoms with Gasteiger partial charge >= 0.3 is 17.9 Å². The number of carboxylic acids is 3. The number of rotatable bonds is 65. The maximum atomic E-state index is 15.0. The molecule has 0 aliphatic rings. The number of aromatic amines is 3. The molecule has 56 heteroatoms. The van der Waals surface area contributed by atoms with Gasteiger partial charge in [0, 0.05) is 63.8 Å². The number of H-pyrrole nitrogens is 3. The second-order valence-corrected chi connectivity index (χ2v) is 33.4. The van der Waals surface area contributed by atoms with E-state index in [0.29, 0.717) is 0 Å². The molecule has 0 radical (unpaired) electrons. The number of aliphatic hydroxyl groups is 1. The van der Waals surface area contributed by atoms with E-state index in [-0.39, 0.29) is 92.5 Å². The van der Waals surface area contributed by atoms with Gasteiger partial charge in [-0.05, 0) is 101 Å². The van der Waals surface area contributed by atoms with Gasteiger partial charge in [-0.3, -0.25) is 102 Å². The first-order valence-corrected chi connectivity index (χ1v) is 44.7. The van der Waals surface area contributed by atoms with E-state index < -0.39 is 297 Å². The van der Waals surface area contributed by atoms with Gasteiger partial charge in [0.25, 0.3) is 0 Å². The summed E-state index contributed by atoms with van der Waals surface area (Å²) in [5.74, 6) is -25.5. The Morgan fingerprint density at radius 3 is 0.977 bits per heavy atom. The molecule has 3 heterocycles. The van der Waals surface area contributed by atoms with Crippen molar-refractivity contribution in [1.29, 1.82) is 10.8 Å². The minimum Gasteiger partial charge on any atom is -0.481 e. The number of aromatic nitrogens is 6. The van der Waals surface area contributed by atoms with Crippen LogP contribution >= 0.6 is 23.5 Å². The van der Waals surface area contributed by atoms with Crippen LogP contribution in [0.2, 0.25) is 0 Å². The molecule has 738 valence electrons. The molecule has 54 nitrogen and oxygen atoms in total. The van der Waals surface area contributed by atoms with Crippen LogP contribution in [-0.4, -0.2) is 314 Å². The second-order valence-electron chi connectivity index (χ2n) is 31.5. The zero-order valence-corrected chi connectivity index (χ0v) is 75.9. The Balaban J connectivity index is 2.07. The van der Waals surface area contributed by atoms with Crippen molar-refractivity contribution in [1.82, 2.24) is 115 Å². The van der Waals surface area contributed by atoms with Gasteiger partial charge in [0.05, 0.1) is 67.5 Å². The molecule has 0 unspecified atom stereocenters. The van der Waals surface area contributed by atoms with E-state index in [1.54, 1.807) is 26.4 Å². The third-order valence-electron chi connectivity index (χ3n) is 19.6. The topological polar surface area (TPSA) is 905 Å². The molecule has 0 spiro atoms. The Hall–Kier alpha value is -13.8.